The first-order valence-corrected chi connectivity index (χ1v) is 6.30. The van der Waals surface area contributed by atoms with E-state index in [4.69, 9.17) is 9.15 Å². The number of rotatable bonds is 4. The highest BCUT2D eigenvalue weighted by Crippen LogP contribution is 2.22. The Morgan fingerprint density at radius 1 is 1.37 bits per heavy atom. The van der Waals surface area contributed by atoms with Crippen LogP contribution < -0.4 is 5.32 Å². The Kier molecular flexibility index (Phi) is 3.90. The maximum absolute atomic E-state index is 12.0. The summed E-state index contributed by atoms with van der Waals surface area (Å²) < 4.78 is 10.5. The topological polar surface area (TPSA) is 88.8 Å². The molecular formula is C13H17NO5. The number of aryl methyl sites for hydroxylation is 1. The first-order chi connectivity index (χ1) is 9.07. The second kappa shape index (κ2) is 5.44. The number of hydrogen-bond donors (Lipinski definition) is 2. The van der Waals surface area contributed by atoms with E-state index < -0.39 is 17.4 Å². The molecular weight excluding hydrogens is 250 g/mol. The molecule has 1 amide bonds. The number of nitrogens with one attached hydrogen (secondary N) is 1. The molecule has 0 radical (unpaired) electrons. The summed E-state index contributed by atoms with van der Waals surface area (Å²) in [5.74, 6) is -0.694. The molecule has 6 nitrogen and oxygen atoms in total. The molecule has 2 heterocycles. The van der Waals surface area contributed by atoms with Crippen LogP contribution in [0.3, 0.4) is 0 Å². The number of furan rings is 1. The maximum Gasteiger partial charge on any atom is 0.329 e. The van der Waals surface area contributed by atoms with Crippen molar-refractivity contribution < 1.29 is 23.8 Å². The first-order valence-electron chi connectivity index (χ1n) is 6.30. The van der Waals surface area contributed by atoms with E-state index in [1.54, 1.807) is 12.1 Å². The van der Waals surface area contributed by atoms with Gasteiger partial charge in [-0.1, -0.05) is 6.92 Å². The van der Waals surface area contributed by atoms with Gasteiger partial charge in [0.1, 0.15) is 11.3 Å². The lowest BCUT2D eigenvalue weighted by Gasteiger charge is -2.33. The molecule has 2 rings (SSSR count). The van der Waals surface area contributed by atoms with Crippen molar-refractivity contribution >= 4 is 11.9 Å². The van der Waals surface area contributed by atoms with Crippen molar-refractivity contribution in [3.63, 3.8) is 0 Å². The lowest BCUT2D eigenvalue weighted by molar-refractivity contribution is -0.148. The molecule has 1 aromatic rings. The minimum absolute atomic E-state index is 0.143. The van der Waals surface area contributed by atoms with E-state index in [9.17, 15) is 14.7 Å². The SMILES string of the molecule is CCc1ccc(C(=O)NC2(C(=O)O)CCOCC2)o1. The monoisotopic (exact) mass is 267 g/mol. The van der Waals surface area contributed by atoms with Gasteiger partial charge in [0.25, 0.3) is 5.91 Å². The Morgan fingerprint density at radius 3 is 2.58 bits per heavy atom. The minimum atomic E-state index is -1.26. The van der Waals surface area contributed by atoms with Gasteiger partial charge in [0, 0.05) is 32.5 Å². The van der Waals surface area contributed by atoms with Crippen LogP contribution in [0, 0.1) is 0 Å². The molecule has 1 fully saturated rings. The molecule has 1 aromatic heterocycles. The Balaban J connectivity index is 2.12. The number of carbonyl (C=O) groups is 2. The van der Waals surface area contributed by atoms with Gasteiger partial charge in [0.2, 0.25) is 0 Å². The average Bonchev–Trinajstić information content (AvgIpc) is 2.88. The molecule has 1 aliphatic rings. The molecule has 0 saturated carbocycles. The highest BCUT2D eigenvalue weighted by Gasteiger charge is 2.42. The lowest BCUT2D eigenvalue weighted by atomic mass is 9.90. The highest BCUT2D eigenvalue weighted by atomic mass is 16.5. The maximum atomic E-state index is 12.0. The van der Waals surface area contributed by atoms with Crippen molar-refractivity contribution in [3.05, 3.63) is 23.7 Å². The summed E-state index contributed by atoms with van der Waals surface area (Å²) in [7, 11) is 0. The Hall–Kier alpha value is -1.82. The van der Waals surface area contributed by atoms with Crippen LogP contribution in [0.15, 0.2) is 16.5 Å². The summed E-state index contributed by atoms with van der Waals surface area (Å²) in [6.07, 6.45) is 1.20. The van der Waals surface area contributed by atoms with E-state index in [1.807, 2.05) is 6.92 Å². The van der Waals surface area contributed by atoms with E-state index in [1.165, 1.54) is 0 Å². The van der Waals surface area contributed by atoms with Gasteiger partial charge in [0.15, 0.2) is 5.76 Å². The average molecular weight is 267 g/mol. The predicted molar refractivity (Wildman–Crippen MR) is 66.0 cm³/mol. The number of ether oxygens (including phenoxy) is 1. The van der Waals surface area contributed by atoms with E-state index in [-0.39, 0.29) is 18.6 Å². The van der Waals surface area contributed by atoms with Crippen LogP contribution in [0.25, 0.3) is 0 Å². The Labute approximate surface area is 110 Å². The zero-order valence-corrected chi connectivity index (χ0v) is 10.8. The number of carboxylic acids is 1. The molecule has 2 N–H and O–H groups in total. The first kappa shape index (κ1) is 13.6. The van der Waals surface area contributed by atoms with Crippen molar-refractivity contribution in [2.45, 2.75) is 31.7 Å². The smallest absolute Gasteiger partial charge is 0.329 e. The van der Waals surface area contributed by atoms with Gasteiger partial charge >= 0.3 is 5.97 Å². The van der Waals surface area contributed by atoms with Crippen molar-refractivity contribution in [3.8, 4) is 0 Å². The summed E-state index contributed by atoms with van der Waals surface area (Å²) in [5.41, 5.74) is -1.26. The normalized spacial score (nSPS) is 17.9. The molecule has 0 unspecified atom stereocenters. The van der Waals surface area contributed by atoms with Crippen LogP contribution in [0.2, 0.25) is 0 Å². The van der Waals surface area contributed by atoms with Crippen LogP contribution in [-0.4, -0.2) is 35.7 Å². The number of carboxylic acid groups (broad SMARTS) is 1. The third-order valence-corrected chi connectivity index (χ3v) is 3.34. The number of amides is 1. The lowest BCUT2D eigenvalue weighted by Crippen LogP contribution is -2.57. The van der Waals surface area contributed by atoms with Gasteiger partial charge in [-0.2, -0.15) is 0 Å². The summed E-state index contributed by atoms with van der Waals surface area (Å²) in [6, 6.07) is 3.27. The zero-order chi connectivity index (χ0) is 13.9. The predicted octanol–water partition coefficient (Wildman–Crippen LogP) is 1.21. The van der Waals surface area contributed by atoms with Crippen molar-refractivity contribution in [2.24, 2.45) is 0 Å². The zero-order valence-electron chi connectivity index (χ0n) is 10.8. The summed E-state index contributed by atoms with van der Waals surface area (Å²) >= 11 is 0. The fourth-order valence-corrected chi connectivity index (χ4v) is 2.08. The van der Waals surface area contributed by atoms with Crippen molar-refractivity contribution in [1.29, 1.82) is 0 Å². The van der Waals surface area contributed by atoms with Gasteiger partial charge in [0.05, 0.1) is 0 Å². The van der Waals surface area contributed by atoms with Crippen LogP contribution in [-0.2, 0) is 16.0 Å². The van der Waals surface area contributed by atoms with Crippen LogP contribution >= 0.6 is 0 Å². The molecule has 0 spiro atoms. The van der Waals surface area contributed by atoms with Gasteiger partial charge < -0.3 is 19.6 Å². The Bertz CT molecular complexity index is 473. The van der Waals surface area contributed by atoms with E-state index >= 15 is 0 Å². The van der Waals surface area contributed by atoms with E-state index in [0.29, 0.717) is 25.4 Å². The number of aliphatic carboxylic acids is 1. The molecule has 0 aromatic carbocycles. The molecule has 6 heteroatoms. The molecule has 0 bridgehead atoms. The number of hydrogen-bond acceptors (Lipinski definition) is 4. The number of carbonyl (C=O) groups excluding carboxylic acids is 1. The van der Waals surface area contributed by atoms with Gasteiger partial charge in [-0.3, -0.25) is 4.79 Å². The summed E-state index contributed by atoms with van der Waals surface area (Å²) in [6.45, 7) is 2.56. The van der Waals surface area contributed by atoms with E-state index in [2.05, 4.69) is 5.32 Å². The third kappa shape index (κ3) is 2.78. The second-order valence-corrected chi connectivity index (χ2v) is 4.57. The Morgan fingerprint density at radius 2 is 2.05 bits per heavy atom. The van der Waals surface area contributed by atoms with Crippen LogP contribution in [0.1, 0.15) is 36.1 Å². The molecule has 104 valence electrons. The molecule has 0 atom stereocenters. The van der Waals surface area contributed by atoms with E-state index in [0.717, 1.165) is 0 Å². The van der Waals surface area contributed by atoms with Crippen LogP contribution in [0.4, 0.5) is 0 Å². The molecule has 0 aliphatic carbocycles. The molecule has 19 heavy (non-hydrogen) atoms. The van der Waals surface area contributed by atoms with Crippen molar-refractivity contribution in [2.75, 3.05) is 13.2 Å². The third-order valence-electron chi connectivity index (χ3n) is 3.34. The van der Waals surface area contributed by atoms with Gasteiger partial charge in [-0.05, 0) is 12.1 Å². The largest absolute Gasteiger partial charge is 0.480 e. The summed E-state index contributed by atoms with van der Waals surface area (Å²) in [5, 5.41) is 11.9. The molecule has 1 aliphatic heterocycles. The summed E-state index contributed by atoms with van der Waals surface area (Å²) in [4.78, 5) is 23.4. The van der Waals surface area contributed by atoms with Gasteiger partial charge in [-0.25, -0.2) is 4.79 Å². The van der Waals surface area contributed by atoms with Crippen LogP contribution in [0.5, 0.6) is 0 Å². The molecule has 1 saturated heterocycles. The highest BCUT2D eigenvalue weighted by molar-refractivity contribution is 5.95. The second-order valence-electron chi connectivity index (χ2n) is 4.57. The van der Waals surface area contributed by atoms with Crippen molar-refractivity contribution in [1.82, 2.24) is 5.32 Å². The minimum Gasteiger partial charge on any atom is -0.480 e. The quantitative estimate of drug-likeness (QED) is 0.855. The standard InChI is InChI=1S/C13H17NO5/c1-2-9-3-4-10(19-9)11(15)14-13(12(16)17)5-7-18-8-6-13/h3-4H,2,5-8H2,1H3,(H,14,15)(H,16,17). The fraction of sp³-hybridized carbons (Fsp3) is 0.538. The fourth-order valence-electron chi connectivity index (χ4n) is 2.08. The van der Waals surface area contributed by atoms with Gasteiger partial charge in [-0.15, -0.1) is 0 Å².